The summed E-state index contributed by atoms with van der Waals surface area (Å²) in [4.78, 5) is 8.30. The van der Waals surface area contributed by atoms with Crippen LogP contribution in [-0.2, 0) is 6.54 Å². The van der Waals surface area contributed by atoms with E-state index in [0.29, 0.717) is 17.6 Å². The number of hydrogen-bond acceptors (Lipinski definition) is 5. The molecule has 22 heavy (non-hydrogen) atoms. The zero-order chi connectivity index (χ0) is 14.9. The summed E-state index contributed by atoms with van der Waals surface area (Å²) in [5.41, 5.74) is 3.05. The molecule has 0 bridgehead atoms. The second kappa shape index (κ2) is 5.42. The molecule has 3 aromatic rings. The van der Waals surface area contributed by atoms with Crippen LogP contribution < -0.4 is 5.32 Å². The predicted octanol–water partition coefficient (Wildman–Crippen LogP) is 2.53. The Morgan fingerprint density at radius 2 is 2.27 bits per heavy atom. The van der Waals surface area contributed by atoms with Gasteiger partial charge in [0.15, 0.2) is 5.15 Å². The van der Waals surface area contributed by atoms with E-state index in [2.05, 4.69) is 30.6 Å². The van der Waals surface area contributed by atoms with Gasteiger partial charge in [-0.15, -0.1) is 0 Å². The van der Waals surface area contributed by atoms with Gasteiger partial charge in [-0.1, -0.05) is 11.6 Å². The first-order valence-electron chi connectivity index (χ1n) is 7.09. The molecule has 2 N–H and O–H groups in total. The third-order valence-electron chi connectivity index (χ3n) is 3.71. The maximum atomic E-state index is 6.15. The SMILES string of the molecule is Clc1n[nH]c(C2CC2)c1CNc1ccc(-n2cncn2)cn1. The minimum Gasteiger partial charge on any atom is -0.366 e. The van der Waals surface area contributed by atoms with Crippen LogP contribution in [0.25, 0.3) is 5.69 Å². The van der Waals surface area contributed by atoms with E-state index in [9.17, 15) is 0 Å². The Bertz CT molecular complexity index is 759. The number of nitrogens with one attached hydrogen (secondary N) is 2. The van der Waals surface area contributed by atoms with Crippen molar-refractivity contribution in [2.24, 2.45) is 0 Å². The van der Waals surface area contributed by atoms with Crippen molar-refractivity contribution >= 4 is 17.4 Å². The molecule has 8 heteroatoms. The fourth-order valence-electron chi connectivity index (χ4n) is 2.38. The lowest BCUT2D eigenvalue weighted by Crippen LogP contribution is -2.04. The normalized spacial score (nSPS) is 14.2. The summed E-state index contributed by atoms with van der Waals surface area (Å²) < 4.78 is 1.66. The Morgan fingerprint density at radius 3 is 2.95 bits per heavy atom. The molecule has 0 aliphatic heterocycles. The van der Waals surface area contributed by atoms with Crippen molar-refractivity contribution in [3.63, 3.8) is 0 Å². The summed E-state index contributed by atoms with van der Waals surface area (Å²) in [6.07, 6.45) is 7.28. The molecule has 0 unspecified atom stereocenters. The van der Waals surface area contributed by atoms with Gasteiger partial charge >= 0.3 is 0 Å². The molecule has 4 rings (SSSR count). The van der Waals surface area contributed by atoms with Crippen LogP contribution in [0.15, 0.2) is 31.0 Å². The summed E-state index contributed by atoms with van der Waals surface area (Å²) in [6, 6.07) is 3.84. The van der Waals surface area contributed by atoms with Gasteiger partial charge in [-0.2, -0.15) is 10.2 Å². The van der Waals surface area contributed by atoms with E-state index in [1.807, 2.05) is 12.1 Å². The molecule has 0 atom stereocenters. The number of H-pyrrole nitrogens is 1. The lowest BCUT2D eigenvalue weighted by atomic mass is 10.2. The van der Waals surface area contributed by atoms with E-state index >= 15 is 0 Å². The highest BCUT2D eigenvalue weighted by Gasteiger charge is 2.29. The van der Waals surface area contributed by atoms with Gasteiger partial charge in [-0.3, -0.25) is 5.10 Å². The van der Waals surface area contributed by atoms with Gasteiger partial charge < -0.3 is 5.32 Å². The molecule has 3 aromatic heterocycles. The van der Waals surface area contributed by atoms with Gasteiger partial charge in [-0.25, -0.2) is 14.6 Å². The summed E-state index contributed by atoms with van der Waals surface area (Å²) >= 11 is 6.15. The summed E-state index contributed by atoms with van der Waals surface area (Å²) in [5, 5.41) is 15.0. The number of hydrogen-bond donors (Lipinski definition) is 2. The minimum atomic E-state index is 0.536. The van der Waals surface area contributed by atoms with Crippen LogP contribution in [-0.4, -0.2) is 29.9 Å². The first-order valence-corrected chi connectivity index (χ1v) is 7.46. The van der Waals surface area contributed by atoms with Gasteiger partial charge in [0.1, 0.15) is 18.5 Å². The molecule has 1 aliphatic carbocycles. The quantitative estimate of drug-likeness (QED) is 0.756. The second-order valence-corrected chi connectivity index (χ2v) is 5.63. The third-order valence-corrected chi connectivity index (χ3v) is 4.02. The summed E-state index contributed by atoms with van der Waals surface area (Å²) in [5.74, 6) is 1.36. The number of rotatable bonds is 5. The second-order valence-electron chi connectivity index (χ2n) is 5.28. The highest BCUT2D eigenvalue weighted by molar-refractivity contribution is 6.30. The van der Waals surface area contributed by atoms with E-state index in [0.717, 1.165) is 22.8 Å². The van der Waals surface area contributed by atoms with Crippen molar-refractivity contribution in [2.75, 3.05) is 5.32 Å². The van der Waals surface area contributed by atoms with Crippen LogP contribution in [0.5, 0.6) is 0 Å². The molecule has 0 saturated heterocycles. The maximum absolute atomic E-state index is 6.15. The summed E-state index contributed by atoms with van der Waals surface area (Å²) in [7, 11) is 0. The number of nitrogens with zero attached hydrogens (tertiary/aromatic N) is 5. The number of anilines is 1. The standard InChI is InChI=1S/C14H14ClN7/c15-14-11(13(20-21-14)9-1-2-9)6-18-12-4-3-10(5-17-12)22-8-16-7-19-22/h3-5,7-9H,1-2,6H2,(H,17,18)(H,20,21). The number of halogens is 1. The average Bonchev–Trinajstić information content (AvgIpc) is 3.10. The number of pyridine rings is 1. The smallest absolute Gasteiger partial charge is 0.156 e. The number of aromatic amines is 1. The van der Waals surface area contributed by atoms with Gasteiger partial charge in [0.2, 0.25) is 0 Å². The van der Waals surface area contributed by atoms with Crippen LogP contribution in [0, 0.1) is 0 Å². The maximum Gasteiger partial charge on any atom is 0.156 e. The lowest BCUT2D eigenvalue weighted by Gasteiger charge is -2.07. The molecule has 0 aromatic carbocycles. The molecular formula is C14H14ClN7. The van der Waals surface area contributed by atoms with Crippen molar-refractivity contribution in [1.29, 1.82) is 0 Å². The molecule has 3 heterocycles. The molecule has 112 valence electrons. The molecule has 7 nitrogen and oxygen atoms in total. The fourth-order valence-corrected chi connectivity index (χ4v) is 2.59. The van der Waals surface area contributed by atoms with Crippen molar-refractivity contribution < 1.29 is 0 Å². The Balaban J connectivity index is 1.47. The van der Waals surface area contributed by atoms with Crippen LogP contribution in [0.3, 0.4) is 0 Å². The van der Waals surface area contributed by atoms with E-state index in [1.54, 1.807) is 17.2 Å². The van der Waals surface area contributed by atoms with Crippen LogP contribution >= 0.6 is 11.6 Å². The lowest BCUT2D eigenvalue weighted by molar-refractivity contribution is 0.872. The molecule has 1 aliphatic rings. The topological polar surface area (TPSA) is 84.3 Å². The Hall–Kier alpha value is -2.41. The molecule has 1 fully saturated rings. The third kappa shape index (κ3) is 2.55. The predicted molar refractivity (Wildman–Crippen MR) is 82.1 cm³/mol. The Kier molecular flexibility index (Phi) is 3.27. The molecule has 1 saturated carbocycles. The zero-order valence-corrected chi connectivity index (χ0v) is 12.5. The van der Waals surface area contributed by atoms with Crippen molar-refractivity contribution in [3.8, 4) is 5.69 Å². The first-order chi connectivity index (χ1) is 10.8. The van der Waals surface area contributed by atoms with Crippen LogP contribution in [0.1, 0.15) is 30.0 Å². The van der Waals surface area contributed by atoms with Gasteiger partial charge in [0.25, 0.3) is 0 Å². The van der Waals surface area contributed by atoms with Crippen molar-refractivity contribution in [3.05, 3.63) is 47.4 Å². The van der Waals surface area contributed by atoms with E-state index in [4.69, 9.17) is 11.6 Å². The van der Waals surface area contributed by atoms with Crippen LogP contribution in [0.4, 0.5) is 5.82 Å². The van der Waals surface area contributed by atoms with E-state index in [1.165, 1.54) is 19.2 Å². The highest BCUT2D eigenvalue weighted by atomic mass is 35.5. The Morgan fingerprint density at radius 1 is 1.36 bits per heavy atom. The largest absolute Gasteiger partial charge is 0.366 e. The van der Waals surface area contributed by atoms with Crippen LogP contribution in [0.2, 0.25) is 5.15 Å². The molecule has 0 radical (unpaired) electrons. The molecular weight excluding hydrogens is 302 g/mol. The fraction of sp³-hybridized carbons (Fsp3) is 0.286. The van der Waals surface area contributed by atoms with E-state index in [-0.39, 0.29) is 0 Å². The van der Waals surface area contributed by atoms with E-state index < -0.39 is 0 Å². The number of aromatic nitrogens is 6. The monoisotopic (exact) mass is 315 g/mol. The molecule has 0 spiro atoms. The average molecular weight is 316 g/mol. The van der Waals surface area contributed by atoms with Gasteiger partial charge in [-0.05, 0) is 25.0 Å². The van der Waals surface area contributed by atoms with Gasteiger partial charge in [0.05, 0.1) is 11.9 Å². The zero-order valence-electron chi connectivity index (χ0n) is 11.7. The highest BCUT2D eigenvalue weighted by Crippen LogP contribution is 2.42. The minimum absolute atomic E-state index is 0.536. The summed E-state index contributed by atoms with van der Waals surface area (Å²) in [6.45, 7) is 0.608. The van der Waals surface area contributed by atoms with Crippen molar-refractivity contribution in [2.45, 2.75) is 25.3 Å². The van der Waals surface area contributed by atoms with Crippen molar-refractivity contribution in [1.82, 2.24) is 29.9 Å². The van der Waals surface area contributed by atoms with Gasteiger partial charge in [0, 0.05) is 23.7 Å². The Labute approximate surface area is 131 Å². The first kappa shape index (κ1) is 13.3. The molecule has 0 amide bonds.